The van der Waals surface area contributed by atoms with E-state index in [-0.39, 0.29) is 41.9 Å². The second-order valence-electron chi connectivity index (χ2n) is 13.5. The molecule has 2 aliphatic heterocycles. The van der Waals surface area contributed by atoms with E-state index in [0.717, 1.165) is 43.4 Å². The highest BCUT2D eigenvalue weighted by Gasteiger charge is 2.46. The van der Waals surface area contributed by atoms with Gasteiger partial charge in [0.15, 0.2) is 0 Å². The van der Waals surface area contributed by atoms with Crippen molar-refractivity contribution in [2.24, 2.45) is 17.6 Å². The molecule has 1 unspecified atom stereocenters. The molecule has 2 aromatic carbocycles. The Labute approximate surface area is 270 Å². The molecule has 0 bridgehead atoms. The molecule has 2 atom stereocenters. The summed E-state index contributed by atoms with van der Waals surface area (Å²) in [5.74, 6) is 1.13. The highest BCUT2D eigenvalue weighted by molar-refractivity contribution is 7.89. The fourth-order valence-electron chi connectivity index (χ4n) is 7.33. The van der Waals surface area contributed by atoms with Gasteiger partial charge in [-0.3, -0.25) is 9.69 Å². The zero-order valence-corrected chi connectivity index (χ0v) is 27.0. The Morgan fingerprint density at radius 2 is 1.52 bits per heavy atom. The van der Waals surface area contributed by atoms with Crippen molar-refractivity contribution in [3.05, 3.63) is 59.7 Å². The van der Waals surface area contributed by atoms with Crippen molar-refractivity contribution < 1.29 is 31.1 Å². The maximum absolute atomic E-state index is 14.1. The van der Waals surface area contributed by atoms with Crippen LogP contribution in [-0.2, 0) is 21.0 Å². The number of amides is 1. The van der Waals surface area contributed by atoms with Gasteiger partial charge < -0.3 is 15.4 Å². The predicted molar refractivity (Wildman–Crippen MR) is 168 cm³/mol. The van der Waals surface area contributed by atoms with E-state index in [1.165, 1.54) is 35.7 Å². The number of piperazine rings is 1. The molecule has 252 valence electrons. The number of sulfonamides is 1. The van der Waals surface area contributed by atoms with Gasteiger partial charge in [-0.15, -0.1) is 0 Å². The van der Waals surface area contributed by atoms with E-state index in [4.69, 9.17) is 10.5 Å². The van der Waals surface area contributed by atoms with Crippen LogP contribution in [0.4, 0.5) is 13.2 Å². The van der Waals surface area contributed by atoms with Crippen molar-refractivity contribution in [1.29, 1.82) is 0 Å². The molecular weight excluding hydrogens is 617 g/mol. The van der Waals surface area contributed by atoms with Crippen molar-refractivity contribution in [2.45, 2.75) is 87.0 Å². The van der Waals surface area contributed by atoms with Gasteiger partial charge in [0, 0.05) is 44.8 Å². The number of ether oxygens (including phenoxy) is 1. The molecule has 46 heavy (non-hydrogen) atoms. The van der Waals surface area contributed by atoms with E-state index in [9.17, 15) is 26.4 Å². The highest BCUT2D eigenvalue weighted by atomic mass is 32.2. The van der Waals surface area contributed by atoms with Gasteiger partial charge in [0.25, 0.3) is 0 Å². The summed E-state index contributed by atoms with van der Waals surface area (Å²) in [7, 11) is -4.04. The summed E-state index contributed by atoms with van der Waals surface area (Å²) in [5, 5.41) is 0. The zero-order chi connectivity index (χ0) is 32.5. The maximum atomic E-state index is 14.1. The number of rotatable bonds is 9. The van der Waals surface area contributed by atoms with E-state index in [1.54, 1.807) is 29.2 Å². The number of likely N-dealkylation sites (tertiary alicyclic amines) is 1. The van der Waals surface area contributed by atoms with Crippen LogP contribution in [0.3, 0.4) is 0 Å². The second-order valence-corrected chi connectivity index (χ2v) is 15.4. The maximum Gasteiger partial charge on any atom is 0.416 e. The fourth-order valence-corrected chi connectivity index (χ4v) is 8.90. The van der Waals surface area contributed by atoms with Gasteiger partial charge in [0.2, 0.25) is 15.9 Å². The van der Waals surface area contributed by atoms with Crippen LogP contribution in [0.1, 0.15) is 75.0 Å². The van der Waals surface area contributed by atoms with E-state index in [0.29, 0.717) is 50.8 Å². The number of halogens is 3. The zero-order valence-electron chi connectivity index (χ0n) is 26.2. The number of hydrogen-bond acceptors (Lipinski definition) is 6. The molecule has 2 saturated carbocycles. The van der Waals surface area contributed by atoms with Gasteiger partial charge in [-0.1, -0.05) is 31.4 Å². The van der Waals surface area contributed by atoms with Gasteiger partial charge >= 0.3 is 6.18 Å². The first-order chi connectivity index (χ1) is 22.0. The average molecular weight is 663 g/mol. The van der Waals surface area contributed by atoms with Crippen LogP contribution < -0.4 is 10.5 Å². The van der Waals surface area contributed by atoms with E-state index in [2.05, 4.69) is 4.90 Å². The lowest BCUT2D eigenvalue weighted by atomic mass is 9.90. The van der Waals surface area contributed by atoms with E-state index >= 15 is 0 Å². The number of benzene rings is 2. The lowest BCUT2D eigenvalue weighted by Crippen LogP contribution is -2.62. The Morgan fingerprint density at radius 1 is 0.870 bits per heavy atom. The summed E-state index contributed by atoms with van der Waals surface area (Å²) in [6.07, 6.45) is 4.73. The largest absolute Gasteiger partial charge is 0.493 e. The van der Waals surface area contributed by atoms with Crippen molar-refractivity contribution in [1.82, 2.24) is 14.1 Å². The lowest BCUT2D eigenvalue weighted by molar-refractivity contribution is -0.139. The minimum absolute atomic E-state index is 0.00417. The standard InChI is InChI=1S/C34H45F3N4O4S/c35-34(36,37)27-10-8-26(9-11-27)32(25-6-7-25)40-20-21-41(31(22-40)33(42)39-18-16-28(38)17-19-39)46(43,44)30-14-12-29(13-15-30)45-23-24-4-2-1-3-5-24/h8-15,24-25,28,31-32H,1-7,16-23,38H2/t31-,32?/m1/s1. The smallest absolute Gasteiger partial charge is 0.416 e. The minimum Gasteiger partial charge on any atom is -0.493 e. The predicted octanol–water partition coefficient (Wildman–Crippen LogP) is 5.44. The number of nitrogens with two attached hydrogens (primary N) is 1. The molecule has 2 aromatic rings. The average Bonchev–Trinajstić information content (AvgIpc) is 3.90. The normalized spacial score (nSPS) is 23.7. The summed E-state index contributed by atoms with van der Waals surface area (Å²) in [6, 6.07) is 10.6. The SMILES string of the molecule is NC1CCN(C(=O)[C@H]2CN(C(c3ccc(C(F)(F)F)cc3)C3CC3)CCN2S(=O)(=O)c2ccc(OCC3CCCCC3)cc2)CC1. The summed E-state index contributed by atoms with van der Waals surface area (Å²) in [6.45, 7) is 2.15. The van der Waals surface area contributed by atoms with Crippen LogP contribution in [0, 0.1) is 11.8 Å². The molecule has 0 radical (unpaired) electrons. The number of piperidine rings is 1. The van der Waals surface area contributed by atoms with Crippen LogP contribution in [-0.4, -0.2) is 79.8 Å². The van der Waals surface area contributed by atoms with Crippen LogP contribution >= 0.6 is 0 Å². The van der Waals surface area contributed by atoms with Gasteiger partial charge in [-0.2, -0.15) is 17.5 Å². The first-order valence-electron chi connectivity index (χ1n) is 16.7. The molecule has 2 saturated heterocycles. The summed E-state index contributed by atoms with van der Waals surface area (Å²) >= 11 is 0. The van der Waals surface area contributed by atoms with Crippen molar-refractivity contribution >= 4 is 15.9 Å². The lowest BCUT2D eigenvalue weighted by Gasteiger charge is -2.45. The number of alkyl halides is 3. The van der Waals surface area contributed by atoms with Gasteiger partial charge in [-0.05, 0) is 92.3 Å². The van der Waals surface area contributed by atoms with Crippen molar-refractivity contribution in [3.63, 3.8) is 0 Å². The van der Waals surface area contributed by atoms with Gasteiger partial charge in [0.05, 0.1) is 17.1 Å². The van der Waals surface area contributed by atoms with E-state index in [1.807, 2.05) is 0 Å². The first kappa shape index (κ1) is 33.2. The highest BCUT2D eigenvalue weighted by Crippen LogP contribution is 2.46. The Morgan fingerprint density at radius 3 is 2.13 bits per heavy atom. The molecule has 2 N–H and O–H groups in total. The number of carbonyl (C=O) groups excluding carboxylic acids is 1. The van der Waals surface area contributed by atoms with Crippen LogP contribution in [0.25, 0.3) is 0 Å². The molecule has 0 aromatic heterocycles. The third-order valence-electron chi connectivity index (χ3n) is 10.2. The molecule has 1 amide bonds. The van der Waals surface area contributed by atoms with Crippen LogP contribution in [0.15, 0.2) is 53.4 Å². The van der Waals surface area contributed by atoms with Gasteiger partial charge in [-0.25, -0.2) is 8.42 Å². The summed E-state index contributed by atoms with van der Waals surface area (Å²) in [4.78, 5) is 18.0. The van der Waals surface area contributed by atoms with E-state index < -0.39 is 27.8 Å². The Kier molecular flexibility index (Phi) is 9.99. The van der Waals surface area contributed by atoms with Crippen molar-refractivity contribution in [3.8, 4) is 5.75 Å². The molecule has 6 rings (SSSR count). The molecular formula is C34H45F3N4O4S. The quantitative estimate of drug-likeness (QED) is 0.385. The van der Waals surface area contributed by atoms with Gasteiger partial charge in [0.1, 0.15) is 11.8 Å². The number of hydrogen-bond donors (Lipinski definition) is 1. The summed E-state index contributed by atoms with van der Waals surface area (Å²) < 4.78 is 75.5. The molecule has 12 heteroatoms. The first-order valence-corrected chi connectivity index (χ1v) is 18.1. The molecule has 4 fully saturated rings. The Balaban J connectivity index is 1.22. The van der Waals surface area contributed by atoms with Crippen molar-refractivity contribution in [2.75, 3.05) is 39.3 Å². The Hall–Kier alpha value is -2.67. The molecule has 0 spiro atoms. The molecule has 4 aliphatic rings. The Bertz CT molecular complexity index is 1440. The molecule has 2 heterocycles. The minimum atomic E-state index is -4.43. The number of nitrogens with zero attached hydrogens (tertiary/aromatic N) is 3. The number of carbonyl (C=O) groups is 1. The topological polar surface area (TPSA) is 96.2 Å². The molecule has 2 aliphatic carbocycles. The third kappa shape index (κ3) is 7.55. The monoisotopic (exact) mass is 662 g/mol. The van der Waals surface area contributed by atoms with Crippen LogP contribution in [0.2, 0.25) is 0 Å². The van der Waals surface area contributed by atoms with Crippen LogP contribution in [0.5, 0.6) is 5.75 Å². The second kappa shape index (κ2) is 13.8. The fraction of sp³-hybridized carbons (Fsp3) is 0.618. The molecule has 8 nitrogen and oxygen atoms in total. The summed E-state index contributed by atoms with van der Waals surface area (Å²) in [5.41, 5.74) is 6.15. The third-order valence-corrected chi connectivity index (χ3v) is 12.1.